The normalized spacial score (nSPS) is 18.7. The van der Waals surface area contributed by atoms with Gasteiger partial charge in [0.15, 0.2) is 5.11 Å². The largest absolute Gasteiger partial charge is 0.361 e. The number of hydrogen-bond acceptors (Lipinski definition) is 3. The molecule has 7 heteroatoms. The minimum atomic E-state index is 0.484. The van der Waals surface area contributed by atoms with E-state index < -0.39 is 0 Å². The van der Waals surface area contributed by atoms with Crippen LogP contribution < -0.4 is 10.6 Å². The highest BCUT2D eigenvalue weighted by atomic mass is 32.1. The lowest BCUT2D eigenvalue weighted by Crippen LogP contribution is -2.44. The molecular weight excluding hydrogens is 308 g/mol. The lowest BCUT2D eigenvalue weighted by molar-refractivity contribution is 0.273. The minimum absolute atomic E-state index is 0.484. The summed E-state index contributed by atoms with van der Waals surface area (Å²) < 4.78 is 0. The van der Waals surface area contributed by atoms with Crippen molar-refractivity contribution in [3.63, 3.8) is 0 Å². The van der Waals surface area contributed by atoms with E-state index in [1.54, 1.807) is 0 Å². The molecule has 2 heterocycles. The maximum Gasteiger partial charge on any atom is 0.229 e. The topological polar surface area (TPSA) is 65.4 Å². The molecule has 1 unspecified atom stereocenters. The van der Waals surface area contributed by atoms with Gasteiger partial charge in [0.25, 0.3) is 0 Å². The number of guanidine groups is 1. The first-order valence-corrected chi connectivity index (χ1v) is 8.59. The highest BCUT2D eigenvalue weighted by molar-refractivity contribution is 7.80. The van der Waals surface area contributed by atoms with E-state index in [0.717, 1.165) is 43.4 Å². The van der Waals surface area contributed by atoms with Gasteiger partial charge >= 0.3 is 0 Å². The number of piperidine rings is 1. The Morgan fingerprint density at radius 1 is 1.39 bits per heavy atom. The maximum atomic E-state index is 5.29. The van der Waals surface area contributed by atoms with Crippen molar-refractivity contribution in [3.8, 4) is 0 Å². The average Bonchev–Trinajstić information content (AvgIpc) is 2.45. The molecule has 0 aromatic carbocycles. The van der Waals surface area contributed by atoms with Gasteiger partial charge in [-0.15, -0.1) is 0 Å². The average molecular weight is 334 g/mol. The summed E-state index contributed by atoms with van der Waals surface area (Å²) in [5.41, 5.74) is 1.86. The van der Waals surface area contributed by atoms with Crippen LogP contribution in [-0.4, -0.2) is 45.6 Å². The predicted molar refractivity (Wildman–Crippen MR) is 98.8 cm³/mol. The van der Waals surface area contributed by atoms with Crippen molar-refractivity contribution in [2.45, 2.75) is 40.5 Å². The van der Waals surface area contributed by atoms with Crippen molar-refractivity contribution in [2.75, 3.05) is 25.0 Å². The number of likely N-dealkylation sites (tertiary alicyclic amines) is 1. The van der Waals surface area contributed by atoms with Crippen LogP contribution in [0.5, 0.6) is 0 Å². The van der Waals surface area contributed by atoms with Crippen LogP contribution in [0.25, 0.3) is 0 Å². The van der Waals surface area contributed by atoms with Crippen LogP contribution in [0.15, 0.2) is 11.1 Å². The van der Waals surface area contributed by atoms with Gasteiger partial charge in [0.2, 0.25) is 11.9 Å². The molecule has 1 aliphatic rings. The Hall–Kier alpha value is -1.76. The molecule has 126 valence electrons. The number of rotatable bonds is 2. The van der Waals surface area contributed by atoms with Crippen LogP contribution >= 0.6 is 12.2 Å². The van der Waals surface area contributed by atoms with E-state index in [9.17, 15) is 0 Å². The van der Waals surface area contributed by atoms with Crippen LogP contribution in [0.2, 0.25) is 0 Å². The number of hydrogen-bond donors (Lipinski definition) is 2. The third kappa shape index (κ3) is 5.42. The molecule has 23 heavy (non-hydrogen) atoms. The van der Waals surface area contributed by atoms with E-state index >= 15 is 0 Å². The summed E-state index contributed by atoms with van der Waals surface area (Å²) >= 11 is 5.29. The van der Waals surface area contributed by atoms with Crippen LogP contribution in [0.1, 0.15) is 38.1 Å². The first kappa shape index (κ1) is 17.6. The van der Waals surface area contributed by atoms with Crippen molar-refractivity contribution < 1.29 is 0 Å². The minimum Gasteiger partial charge on any atom is -0.361 e. The van der Waals surface area contributed by atoms with E-state index in [-0.39, 0.29) is 0 Å². The molecule has 0 saturated carbocycles. The first-order chi connectivity index (χ1) is 11.0. The second-order valence-electron chi connectivity index (χ2n) is 6.06. The van der Waals surface area contributed by atoms with Gasteiger partial charge in [0.05, 0.1) is 0 Å². The summed E-state index contributed by atoms with van der Waals surface area (Å²) in [6, 6.07) is 1.95. The van der Waals surface area contributed by atoms with E-state index in [0.29, 0.717) is 17.0 Å². The van der Waals surface area contributed by atoms with Gasteiger partial charge in [-0.05, 0) is 57.8 Å². The second kappa shape index (κ2) is 8.19. The molecule has 0 spiro atoms. The van der Waals surface area contributed by atoms with Crippen LogP contribution in [0.4, 0.5) is 5.95 Å². The second-order valence-corrected chi connectivity index (χ2v) is 6.45. The van der Waals surface area contributed by atoms with E-state index in [2.05, 4.69) is 37.4 Å². The summed E-state index contributed by atoms with van der Waals surface area (Å²) in [6.45, 7) is 10.9. The fraction of sp³-hybridized carbons (Fsp3) is 0.625. The Labute approximate surface area is 143 Å². The third-order valence-corrected chi connectivity index (χ3v) is 3.93. The Morgan fingerprint density at radius 2 is 2.09 bits per heavy atom. The molecule has 2 rings (SSSR count). The van der Waals surface area contributed by atoms with E-state index in [1.807, 2.05) is 26.8 Å². The van der Waals surface area contributed by atoms with Gasteiger partial charge in [-0.1, -0.05) is 6.92 Å². The van der Waals surface area contributed by atoms with Gasteiger partial charge in [-0.25, -0.2) is 9.97 Å². The zero-order valence-corrected chi connectivity index (χ0v) is 15.2. The Kier molecular flexibility index (Phi) is 6.27. The number of nitrogens with one attached hydrogen (secondary N) is 2. The van der Waals surface area contributed by atoms with Crippen molar-refractivity contribution in [3.05, 3.63) is 17.5 Å². The molecule has 0 bridgehead atoms. The summed E-state index contributed by atoms with van der Waals surface area (Å²) in [5, 5.41) is 6.82. The van der Waals surface area contributed by atoms with Gasteiger partial charge in [0, 0.05) is 31.0 Å². The van der Waals surface area contributed by atoms with Gasteiger partial charge < -0.3 is 10.2 Å². The summed E-state index contributed by atoms with van der Waals surface area (Å²) in [4.78, 5) is 15.7. The number of anilines is 1. The summed E-state index contributed by atoms with van der Waals surface area (Å²) in [7, 11) is 0. The van der Waals surface area contributed by atoms with Crippen LogP contribution in [0, 0.1) is 19.8 Å². The molecule has 6 nitrogen and oxygen atoms in total. The summed E-state index contributed by atoms with van der Waals surface area (Å²) in [6.07, 6.45) is 2.41. The fourth-order valence-corrected chi connectivity index (χ4v) is 2.96. The molecule has 1 aliphatic heterocycles. The van der Waals surface area contributed by atoms with Crippen LogP contribution in [0.3, 0.4) is 0 Å². The van der Waals surface area contributed by atoms with Gasteiger partial charge in [0.1, 0.15) is 0 Å². The Morgan fingerprint density at radius 3 is 2.70 bits per heavy atom. The Bertz CT molecular complexity index is 566. The predicted octanol–water partition coefficient (Wildman–Crippen LogP) is 2.49. The summed E-state index contributed by atoms with van der Waals surface area (Å²) in [5.74, 6) is 1.94. The highest BCUT2D eigenvalue weighted by Crippen LogP contribution is 2.16. The zero-order chi connectivity index (χ0) is 16.8. The van der Waals surface area contributed by atoms with Crippen molar-refractivity contribution in [1.29, 1.82) is 0 Å². The molecule has 1 saturated heterocycles. The number of thiocarbonyl (C=S) groups is 1. The molecule has 0 aliphatic carbocycles. The smallest absolute Gasteiger partial charge is 0.229 e. The number of aryl methyl sites for hydroxylation is 2. The van der Waals surface area contributed by atoms with Gasteiger partial charge in [-0.3, -0.25) is 5.32 Å². The monoisotopic (exact) mass is 334 g/mol. The highest BCUT2D eigenvalue weighted by Gasteiger charge is 2.21. The number of aliphatic imine (C=N–C) groups is 1. The molecule has 0 radical (unpaired) electrons. The SMILES string of the molecule is CCNC(=S)/N=C(/Nc1nc(C)cc(C)n1)N1CCCC(C)C1. The lowest BCUT2D eigenvalue weighted by Gasteiger charge is -2.33. The van der Waals surface area contributed by atoms with Crippen molar-refractivity contribution in [1.82, 2.24) is 20.2 Å². The van der Waals surface area contributed by atoms with Crippen LogP contribution in [-0.2, 0) is 0 Å². The number of aromatic nitrogens is 2. The Balaban J connectivity index is 2.23. The quantitative estimate of drug-likeness (QED) is 0.492. The first-order valence-electron chi connectivity index (χ1n) is 8.18. The van der Waals surface area contributed by atoms with Gasteiger partial charge in [-0.2, -0.15) is 4.99 Å². The van der Waals surface area contributed by atoms with E-state index in [4.69, 9.17) is 12.2 Å². The molecule has 2 N–H and O–H groups in total. The molecule has 1 aromatic heterocycles. The maximum absolute atomic E-state index is 5.29. The third-order valence-electron chi connectivity index (χ3n) is 3.70. The molecular formula is C16H26N6S. The molecule has 0 amide bonds. The number of nitrogens with zero attached hydrogens (tertiary/aromatic N) is 4. The van der Waals surface area contributed by atoms with E-state index in [1.165, 1.54) is 6.42 Å². The fourth-order valence-electron chi connectivity index (χ4n) is 2.73. The lowest BCUT2D eigenvalue weighted by atomic mass is 10.0. The zero-order valence-electron chi connectivity index (χ0n) is 14.4. The van der Waals surface area contributed by atoms with Crippen molar-refractivity contribution >= 4 is 29.2 Å². The molecule has 1 aromatic rings. The molecule has 1 fully saturated rings. The standard InChI is InChI=1S/C16H26N6S/c1-5-17-16(23)21-15(22-8-6-7-11(2)10-22)20-14-18-12(3)9-13(4)19-14/h9,11H,5-8,10H2,1-4H3,(H2,17,18,19,20,21,23). The van der Waals surface area contributed by atoms with Crippen molar-refractivity contribution in [2.24, 2.45) is 10.9 Å². The molecule has 1 atom stereocenters.